The molecule has 1 aliphatic rings. The lowest BCUT2D eigenvalue weighted by Gasteiger charge is -1.89. The molecular weight excluding hydrogens is 112 g/mol. The zero-order valence-corrected chi connectivity index (χ0v) is 5.83. The normalized spacial score (nSPS) is 38.5. The first kappa shape index (κ1) is 4.97. The van der Waals surface area contributed by atoms with Crippen LogP contribution in [-0.2, 0) is 0 Å². The van der Waals surface area contributed by atoms with Crippen LogP contribution in [0.3, 0.4) is 0 Å². The Kier molecular flexibility index (Phi) is 1.83. The summed E-state index contributed by atoms with van der Waals surface area (Å²) in [6.07, 6.45) is 3.00. The lowest BCUT2D eigenvalue weighted by molar-refractivity contribution is -0.294. The van der Waals surface area contributed by atoms with E-state index in [0.29, 0.717) is 8.07 Å². The van der Waals surface area contributed by atoms with Crippen LogP contribution in [0.25, 0.3) is 0 Å². The Morgan fingerprint density at radius 1 is 1.83 bits per heavy atom. The van der Waals surface area contributed by atoms with E-state index in [1.54, 1.807) is 0 Å². The highest BCUT2D eigenvalue weighted by atomic mass is 31.2. The molecule has 0 aromatic rings. The smallest absolute Gasteiger partial charge is 0.0982 e. The summed E-state index contributed by atoms with van der Waals surface area (Å²) in [5.74, 6) is 0. The molecule has 1 aliphatic heterocycles. The Hall–Kier alpha value is 0.820. The summed E-state index contributed by atoms with van der Waals surface area (Å²) in [5.41, 5.74) is 0. The van der Waals surface area contributed by atoms with Crippen molar-refractivity contribution in [1.82, 2.24) is 0 Å². The SMILES string of the molecule is CP1CCP[NH2+]1. The van der Waals surface area contributed by atoms with Crippen molar-refractivity contribution in [2.45, 2.75) is 0 Å². The minimum Gasteiger partial charge on any atom is -0.321 e. The fourth-order valence-electron chi connectivity index (χ4n) is 0.526. The van der Waals surface area contributed by atoms with Crippen LogP contribution in [-0.4, -0.2) is 19.0 Å². The van der Waals surface area contributed by atoms with Gasteiger partial charge in [-0.25, -0.2) is 0 Å². The predicted molar refractivity (Wildman–Crippen MR) is 32.8 cm³/mol. The van der Waals surface area contributed by atoms with E-state index in [1.807, 2.05) is 0 Å². The van der Waals surface area contributed by atoms with Crippen LogP contribution in [0, 0.1) is 0 Å². The highest BCUT2D eigenvalue weighted by Crippen LogP contribution is 2.27. The van der Waals surface area contributed by atoms with Crippen LogP contribution >= 0.6 is 16.8 Å². The third-order valence-electron chi connectivity index (χ3n) is 0.921. The Balaban J connectivity index is 2.18. The third kappa shape index (κ3) is 1.15. The summed E-state index contributed by atoms with van der Waals surface area (Å²) in [7, 11) is 1.62. The molecule has 1 nitrogen and oxygen atoms in total. The largest absolute Gasteiger partial charge is 0.321 e. The van der Waals surface area contributed by atoms with Crippen molar-refractivity contribution >= 4 is 16.8 Å². The molecule has 1 rings (SSSR count). The Bertz CT molecular complexity index is 42.1. The quantitative estimate of drug-likeness (QED) is 0.441. The molecule has 2 N–H and O–H groups in total. The summed E-state index contributed by atoms with van der Waals surface area (Å²) in [6, 6.07) is 0. The van der Waals surface area contributed by atoms with Crippen molar-refractivity contribution < 1.29 is 4.86 Å². The number of quaternary nitrogens is 1. The fourth-order valence-corrected chi connectivity index (χ4v) is 4.73. The maximum Gasteiger partial charge on any atom is 0.0982 e. The number of hydrogen-bond donors (Lipinski definition) is 1. The molecule has 3 heteroatoms. The monoisotopic (exact) mass is 122 g/mol. The van der Waals surface area contributed by atoms with Gasteiger partial charge in [0.2, 0.25) is 0 Å². The zero-order valence-electron chi connectivity index (χ0n) is 3.94. The Morgan fingerprint density at radius 3 is 2.83 bits per heavy atom. The van der Waals surface area contributed by atoms with Crippen molar-refractivity contribution in [3.8, 4) is 0 Å². The second kappa shape index (κ2) is 2.21. The van der Waals surface area contributed by atoms with Gasteiger partial charge in [-0.15, -0.1) is 0 Å². The molecule has 1 fully saturated rings. The number of nitrogens with two attached hydrogens (primary N) is 1. The summed E-state index contributed by atoms with van der Waals surface area (Å²) < 4.78 is 0. The van der Waals surface area contributed by atoms with Crippen LogP contribution in [0.5, 0.6) is 0 Å². The van der Waals surface area contributed by atoms with Gasteiger partial charge in [0, 0.05) is 19.0 Å². The molecule has 2 unspecified atom stereocenters. The molecule has 0 saturated carbocycles. The van der Waals surface area contributed by atoms with Crippen LogP contribution in [0.1, 0.15) is 0 Å². The number of hydrogen-bond acceptors (Lipinski definition) is 0. The average Bonchev–Trinajstić information content (AvgIpc) is 1.86. The highest BCUT2D eigenvalue weighted by Gasteiger charge is 2.12. The molecule has 0 spiro atoms. The summed E-state index contributed by atoms with van der Waals surface area (Å²) in [5, 5.41) is 0. The van der Waals surface area contributed by atoms with E-state index in [0.717, 1.165) is 0 Å². The molecule has 1 saturated heterocycles. The molecule has 0 amide bonds. The van der Waals surface area contributed by atoms with E-state index in [1.165, 1.54) is 21.1 Å². The Morgan fingerprint density at radius 2 is 2.67 bits per heavy atom. The molecule has 0 aromatic heterocycles. The first-order valence-corrected chi connectivity index (χ1v) is 5.49. The van der Waals surface area contributed by atoms with Gasteiger partial charge in [0.1, 0.15) is 0 Å². The van der Waals surface area contributed by atoms with Crippen LogP contribution in [0.2, 0.25) is 0 Å². The molecule has 0 radical (unpaired) electrons. The van der Waals surface area contributed by atoms with E-state index >= 15 is 0 Å². The molecular formula is C3H10NP2+. The van der Waals surface area contributed by atoms with Crippen LogP contribution in [0.15, 0.2) is 0 Å². The summed E-state index contributed by atoms with van der Waals surface area (Å²) in [6.45, 7) is 2.36. The molecule has 0 bridgehead atoms. The van der Waals surface area contributed by atoms with Gasteiger partial charge in [0.25, 0.3) is 0 Å². The van der Waals surface area contributed by atoms with E-state index in [-0.39, 0.29) is 0 Å². The van der Waals surface area contributed by atoms with Crippen molar-refractivity contribution in [1.29, 1.82) is 0 Å². The topological polar surface area (TPSA) is 16.6 Å². The average molecular weight is 122 g/mol. The third-order valence-corrected chi connectivity index (χ3v) is 5.30. The lowest BCUT2D eigenvalue weighted by Crippen LogP contribution is -2.62. The van der Waals surface area contributed by atoms with E-state index in [9.17, 15) is 0 Å². The highest BCUT2D eigenvalue weighted by molar-refractivity contribution is 7.58. The Labute approximate surface area is 41.5 Å². The minimum absolute atomic E-state index is 0.422. The van der Waals surface area contributed by atoms with Gasteiger partial charge < -0.3 is 4.86 Å². The summed E-state index contributed by atoms with van der Waals surface area (Å²) in [4.78, 5) is 2.50. The van der Waals surface area contributed by atoms with Gasteiger partial charge >= 0.3 is 0 Å². The first-order valence-electron chi connectivity index (χ1n) is 2.16. The molecule has 36 valence electrons. The lowest BCUT2D eigenvalue weighted by atomic mass is 11.0. The van der Waals surface area contributed by atoms with Gasteiger partial charge in [-0.1, -0.05) is 0 Å². The maximum atomic E-state index is 2.50. The molecule has 0 aliphatic carbocycles. The second-order valence-corrected chi connectivity index (χ2v) is 5.47. The van der Waals surface area contributed by atoms with E-state index in [4.69, 9.17) is 0 Å². The first-order chi connectivity index (χ1) is 2.89. The zero-order chi connectivity index (χ0) is 4.41. The van der Waals surface area contributed by atoms with Crippen molar-refractivity contribution in [2.24, 2.45) is 0 Å². The maximum absolute atomic E-state index is 2.50. The number of rotatable bonds is 0. The second-order valence-electron chi connectivity index (χ2n) is 1.56. The van der Waals surface area contributed by atoms with E-state index in [2.05, 4.69) is 11.5 Å². The fraction of sp³-hybridized carbons (Fsp3) is 1.00. The van der Waals surface area contributed by atoms with Gasteiger partial charge in [0.15, 0.2) is 0 Å². The van der Waals surface area contributed by atoms with Gasteiger partial charge in [-0.05, 0) is 0 Å². The van der Waals surface area contributed by atoms with Gasteiger partial charge in [0.05, 0.1) is 16.8 Å². The van der Waals surface area contributed by atoms with Crippen LogP contribution < -0.4 is 4.86 Å². The standard InChI is InChI=1S/C3H9NP2/c1-6-3-2-5-4-6/h4-5H,2-3H2,1H3/p+1. The van der Waals surface area contributed by atoms with Gasteiger partial charge in [-0.2, -0.15) is 0 Å². The van der Waals surface area contributed by atoms with Crippen molar-refractivity contribution in [3.63, 3.8) is 0 Å². The van der Waals surface area contributed by atoms with Crippen LogP contribution in [0.4, 0.5) is 0 Å². The summed E-state index contributed by atoms with van der Waals surface area (Å²) >= 11 is 0. The molecule has 0 aromatic carbocycles. The minimum atomic E-state index is 0.422. The molecule has 2 atom stereocenters. The van der Waals surface area contributed by atoms with Crippen molar-refractivity contribution in [3.05, 3.63) is 0 Å². The van der Waals surface area contributed by atoms with E-state index < -0.39 is 0 Å². The predicted octanol–water partition coefficient (Wildman–Crippen LogP) is 0.184. The molecule has 1 heterocycles. The van der Waals surface area contributed by atoms with Gasteiger partial charge in [-0.3, -0.25) is 0 Å². The molecule has 6 heavy (non-hydrogen) atoms. The van der Waals surface area contributed by atoms with Crippen molar-refractivity contribution in [2.75, 3.05) is 19.0 Å².